The molecule has 0 aromatic heterocycles. The molecule has 0 radical (unpaired) electrons. The fourth-order valence-electron chi connectivity index (χ4n) is 3.45. The number of nitrogens with two attached hydrogens (primary N) is 1. The van der Waals surface area contributed by atoms with Crippen molar-refractivity contribution in [2.45, 2.75) is 32.6 Å². The number of rotatable bonds is 2. The van der Waals surface area contributed by atoms with Gasteiger partial charge >= 0.3 is 6.03 Å². The van der Waals surface area contributed by atoms with Gasteiger partial charge in [0.15, 0.2) is 0 Å². The molecule has 0 spiro atoms. The first-order chi connectivity index (χ1) is 11.5. The van der Waals surface area contributed by atoms with Crippen LogP contribution in [0.5, 0.6) is 0 Å². The molecule has 2 fully saturated rings. The fourth-order valence-corrected chi connectivity index (χ4v) is 3.45. The number of carbonyl (C=O) groups excluding carboxylic acids is 2. The Morgan fingerprint density at radius 1 is 1.08 bits per heavy atom. The summed E-state index contributed by atoms with van der Waals surface area (Å²) in [5.74, 6) is -0.0227. The van der Waals surface area contributed by atoms with Crippen molar-refractivity contribution < 1.29 is 9.59 Å². The lowest BCUT2D eigenvalue weighted by atomic mass is 9.96. The van der Waals surface area contributed by atoms with Gasteiger partial charge in [0.05, 0.1) is 0 Å². The molecule has 24 heavy (non-hydrogen) atoms. The van der Waals surface area contributed by atoms with Gasteiger partial charge < -0.3 is 20.9 Å². The number of nitrogens with zero attached hydrogens (tertiary/aromatic N) is 2. The molecule has 6 nitrogen and oxygen atoms in total. The van der Waals surface area contributed by atoms with Crippen LogP contribution in [0.25, 0.3) is 0 Å². The number of hydrogen-bond acceptors (Lipinski definition) is 3. The maximum atomic E-state index is 12.5. The topological polar surface area (TPSA) is 78.7 Å². The molecule has 2 aliphatic rings. The molecule has 0 unspecified atom stereocenters. The van der Waals surface area contributed by atoms with Crippen LogP contribution in [-0.2, 0) is 4.79 Å². The highest BCUT2D eigenvalue weighted by atomic mass is 16.2. The van der Waals surface area contributed by atoms with Gasteiger partial charge in [0.1, 0.15) is 0 Å². The molecule has 3 rings (SSSR count). The highest BCUT2D eigenvalue weighted by molar-refractivity contribution is 5.94. The quantitative estimate of drug-likeness (QED) is 0.818. The van der Waals surface area contributed by atoms with Crippen LogP contribution in [0.4, 0.5) is 16.2 Å². The van der Waals surface area contributed by atoms with Crippen LogP contribution >= 0.6 is 0 Å². The van der Waals surface area contributed by atoms with Crippen LogP contribution in [0.1, 0.15) is 31.2 Å². The standard InChI is InChI=1S/C18H26N4O2/c1-13-4-5-15(19)12-16(13)20-17(23)14-6-10-22(11-7-14)18(24)21-8-2-3-9-21/h4-5,12,14H,2-3,6-11,19H2,1H3,(H,20,23). The van der Waals surface area contributed by atoms with Crippen molar-refractivity contribution in [2.75, 3.05) is 37.2 Å². The summed E-state index contributed by atoms with van der Waals surface area (Å²) in [6, 6.07) is 5.66. The summed E-state index contributed by atoms with van der Waals surface area (Å²) in [6.45, 7) is 5.00. The minimum absolute atomic E-state index is 0.0250. The van der Waals surface area contributed by atoms with Crippen molar-refractivity contribution in [1.82, 2.24) is 9.80 Å². The SMILES string of the molecule is Cc1ccc(N)cc1NC(=O)C1CCN(C(=O)N2CCCC2)CC1. The first-order valence-electron chi connectivity index (χ1n) is 8.75. The number of benzene rings is 1. The van der Waals surface area contributed by atoms with E-state index in [1.54, 1.807) is 6.07 Å². The van der Waals surface area contributed by atoms with E-state index in [1.165, 1.54) is 0 Å². The van der Waals surface area contributed by atoms with E-state index in [0.717, 1.165) is 37.2 Å². The number of anilines is 2. The molecular weight excluding hydrogens is 304 g/mol. The molecule has 130 valence electrons. The van der Waals surface area contributed by atoms with Crippen molar-refractivity contribution in [3.63, 3.8) is 0 Å². The van der Waals surface area contributed by atoms with Gasteiger partial charge in [0.2, 0.25) is 5.91 Å². The van der Waals surface area contributed by atoms with Crippen molar-refractivity contribution in [3.8, 4) is 0 Å². The van der Waals surface area contributed by atoms with Crippen LogP contribution in [0.2, 0.25) is 0 Å². The van der Waals surface area contributed by atoms with Gasteiger partial charge in [-0.3, -0.25) is 4.79 Å². The number of urea groups is 1. The monoisotopic (exact) mass is 330 g/mol. The fraction of sp³-hybridized carbons (Fsp3) is 0.556. The first-order valence-corrected chi connectivity index (χ1v) is 8.75. The molecule has 3 N–H and O–H groups in total. The van der Waals surface area contributed by atoms with Gasteiger partial charge in [-0.15, -0.1) is 0 Å². The van der Waals surface area contributed by atoms with Crippen molar-refractivity contribution >= 4 is 23.3 Å². The Morgan fingerprint density at radius 3 is 2.38 bits per heavy atom. The first kappa shape index (κ1) is 16.6. The van der Waals surface area contributed by atoms with E-state index in [-0.39, 0.29) is 17.9 Å². The molecule has 1 aromatic rings. The van der Waals surface area contributed by atoms with Crippen LogP contribution in [0.3, 0.4) is 0 Å². The second kappa shape index (κ2) is 7.11. The highest BCUT2D eigenvalue weighted by Gasteiger charge is 2.30. The number of likely N-dealkylation sites (tertiary alicyclic amines) is 2. The number of amides is 3. The van der Waals surface area contributed by atoms with E-state index < -0.39 is 0 Å². The average molecular weight is 330 g/mol. The molecule has 0 aliphatic carbocycles. The van der Waals surface area contributed by atoms with Crippen LogP contribution < -0.4 is 11.1 Å². The zero-order valence-electron chi connectivity index (χ0n) is 14.3. The van der Waals surface area contributed by atoms with Crippen molar-refractivity contribution in [3.05, 3.63) is 23.8 Å². The Kier molecular flexibility index (Phi) is 4.92. The van der Waals surface area contributed by atoms with Crippen molar-refractivity contribution in [2.24, 2.45) is 5.92 Å². The molecule has 0 bridgehead atoms. The Hall–Kier alpha value is -2.24. The number of piperidine rings is 1. The lowest BCUT2D eigenvalue weighted by molar-refractivity contribution is -0.121. The Bertz CT molecular complexity index is 617. The summed E-state index contributed by atoms with van der Waals surface area (Å²) in [5, 5.41) is 2.99. The Labute approximate surface area is 143 Å². The lowest BCUT2D eigenvalue weighted by Gasteiger charge is -2.34. The number of carbonyl (C=O) groups is 2. The number of hydrogen-bond donors (Lipinski definition) is 2. The highest BCUT2D eigenvalue weighted by Crippen LogP contribution is 2.23. The number of aryl methyl sites for hydroxylation is 1. The van der Waals surface area contributed by atoms with E-state index in [2.05, 4.69) is 5.32 Å². The summed E-state index contributed by atoms with van der Waals surface area (Å²) >= 11 is 0. The smallest absolute Gasteiger partial charge is 0.319 e. The van der Waals surface area contributed by atoms with Gasteiger partial charge in [-0.1, -0.05) is 6.07 Å². The molecular formula is C18H26N4O2. The van der Waals surface area contributed by atoms with E-state index in [9.17, 15) is 9.59 Å². The summed E-state index contributed by atoms with van der Waals surface area (Å²) < 4.78 is 0. The van der Waals surface area contributed by atoms with E-state index in [4.69, 9.17) is 5.73 Å². The van der Waals surface area contributed by atoms with E-state index in [0.29, 0.717) is 31.6 Å². The molecule has 0 saturated carbocycles. The summed E-state index contributed by atoms with van der Waals surface area (Å²) in [4.78, 5) is 28.7. The van der Waals surface area contributed by atoms with E-state index in [1.807, 2.05) is 28.9 Å². The molecule has 6 heteroatoms. The second-order valence-corrected chi connectivity index (χ2v) is 6.80. The Balaban J connectivity index is 1.53. The van der Waals surface area contributed by atoms with E-state index >= 15 is 0 Å². The van der Waals surface area contributed by atoms with Crippen molar-refractivity contribution in [1.29, 1.82) is 0 Å². The van der Waals surface area contributed by atoms with Gasteiger partial charge in [-0.2, -0.15) is 0 Å². The van der Waals surface area contributed by atoms with Crippen LogP contribution in [0.15, 0.2) is 18.2 Å². The van der Waals surface area contributed by atoms with Gasteiger partial charge in [-0.25, -0.2) is 4.79 Å². The van der Waals surface area contributed by atoms with Crippen LogP contribution in [0, 0.1) is 12.8 Å². The third-order valence-corrected chi connectivity index (χ3v) is 5.03. The molecule has 0 atom stereocenters. The third kappa shape index (κ3) is 3.63. The number of nitrogen functional groups attached to an aromatic ring is 1. The molecule has 2 aliphatic heterocycles. The largest absolute Gasteiger partial charge is 0.399 e. The number of nitrogens with one attached hydrogen (secondary N) is 1. The predicted octanol–water partition coefficient (Wildman–Crippen LogP) is 2.44. The zero-order valence-corrected chi connectivity index (χ0v) is 14.3. The zero-order chi connectivity index (χ0) is 17.1. The normalized spacial score (nSPS) is 18.7. The maximum Gasteiger partial charge on any atom is 0.319 e. The predicted molar refractivity (Wildman–Crippen MR) is 94.7 cm³/mol. The van der Waals surface area contributed by atoms with Gasteiger partial charge in [0, 0.05) is 43.5 Å². The van der Waals surface area contributed by atoms with Gasteiger partial charge in [-0.05, 0) is 50.3 Å². The summed E-state index contributed by atoms with van der Waals surface area (Å²) in [6.07, 6.45) is 3.63. The average Bonchev–Trinajstić information content (AvgIpc) is 3.12. The molecule has 3 amide bonds. The molecule has 2 saturated heterocycles. The minimum atomic E-state index is -0.0477. The van der Waals surface area contributed by atoms with Crippen LogP contribution in [-0.4, -0.2) is 47.9 Å². The minimum Gasteiger partial charge on any atom is -0.399 e. The summed E-state index contributed by atoms with van der Waals surface area (Å²) in [5.41, 5.74) is 8.21. The molecule has 1 aromatic carbocycles. The van der Waals surface area contributed by atoms with Gasteiger partial charge in [0.25, 0.3) is 0 Å². The second-order valence-electron chi connectivity index (χ2n) is 6.80. The maximum absolute atomic E-state index is 12.5. The summed E-state index contributed by atoms with van der Waals surface area (Å²) in [7, 11) is 0. The lowest BCUT2D eigenvalue weighted by Crippen LogP contribution is -2.47. The third-order valence-electron chi connectivity index (χ3n) is 5.03. The Morgan fingerprint density at radius 2 is 1.71 bits per heavy atom. The molecule has 2 heterocycles.